The minimum Gasteiger partial charge on any atom is -0.457 e. The summed E-state index contributed by atoms with van der Waals surface area (Å²) in [5.74, 6) is -0.408. The molecule has 1 heterocycles. The first-order chi connectivity index (χ1) is 22.1. The lowest BCUT2D eigenvalue weighted by Crippen LogP contribution is -2.60. The Balaban J connectivity index is 2.56. The topological polar surface area (TPSA) is 178 Å². The van der Waals surface area contributed by atoms with Crippen LogP contribution in [0.25, 0.3) is 0 Å². The van der Waals surface area contributed by atoms with Crippen LogP contribution in [0.3, 0.4) is 0 Å². The van der Waals surface area contributed by atoms with Crippen LogP contribution < -0.4 is 0 Å². The molecule has 0 aromatic carbocycles. The highest BCUT2D eigenvalue weighted by atomic mass is 32.3. The standard InChI is InChI=1S/C33H62O12S/c1-3-5-7-9-11-13-14-15-17-19-21-23-41-25-27(43-29(35)22-20-18-16-12-10-8-6-4-2)26-42-33-31(37)32(45-46(38,39)40)30(36)28(24-34)44-33/h7,9,27-28,30-34,36-37H,3-6,8,10-26H2,1-2H3,(H,38,39,40)/b9-7-. The zero-order chi connectivity index (χ0) is 34.0. The molecule has 1 saturated heterocycles. The second-order valence-electron chi connectivity index (χ2n) is 12.1. The fourth-order valence-corrected chi connectivity index (χ4v) is 5.71. The molecule has 1 aliphatic heterocycles. The first-order valence-electron chi connectivity index (χ1n) is 17.4. The zero-order valence-electron chi connectivity index (χ0n) is 28.1. The van der Waals surface area contributed by atoms with E-state index in [1.54, 1.807) is 0 Å². The number of unbranched alkanes of at least 4 members (excludes halogenated alkanes) is 14. The molecule has 6 unspecified atom stereocenters. The van der Waals surface area contributed by atoms with Gasteiger partial charge in [-0.05, 0) is 32.1 Å². The Bertz CT molecular complexity index is 884. The molecule has 13 heteroatoms. The van der Waals surface area contributed by atoms with Crippen molar-refractivity contribution in [3.8, 4) is 0 Å². The molecule has 0 bridgehead atoms. The van der Waals surface area contributed by atoms with Crippen molar-refractivity contribution in [2.75, 3.05) is 26.4 Å². The smallest absolute Gasteiger partial charge is 0.397 e. The monoisotopic (exact) mass is 682 g/mol. The van der Waals surface area contributed by atoms with Crippen LogP contribution in [0, 0.1) is 0 Å². The Morgan fingerprint density at radius 3 is 2.04 bits per heavy atom. The quantitative estimate of drug-likeness (QED) is 0.0352. The summed E-state index contributed by atoms with van der Waals surface area (Å²) in [6, 6.07) is 0. The van der Waals surface area contributed by atoms with E-state index in [9.17, 15) is 28.5 Å². The van der Waals surface area contributed by atoms with Crippen molar-refractivity contribution in [2.45, 2.75) is 166 Å². The maximum atomic E-state index is 12.6. The van der Waals surface area contributed by atoms with Gasteiger partial charge in [0, 0.05) is 13.0 Å². The molecule has 0 aromatic heterocycles. The van der Waals surface area contributed by atoms with Gasteiger partial charge in [0.15, 0.2) is 6.29 Å². The number of aliphatic hydroxyl groups is 3. The van der Waals surface area contributed by atoms with Gasteiger partial charge < -0.3 is 34.3 Å². The molecule has 1 fully saturated rings. The Hall–Kier alpha value is -1.16. The fourth-order valence-electron chi connectivity index (χ4n) is 5.20. The van der Waals surface area contributed by atoms with Gasteiger partial charge in [-0.3, -0.25) is 9.35 Å². The largest absolute Gasteiger partial charge is 0.457 e. The van der Waals surface area contributed by atoms with E-state index < -0.39 is 59.8 Å². The van der Waals surface area contributed by atoms with Gasteiger partial charge >= 0.3 is 16.4 Å². The zero-order valence-corrected chi connectivity index (χ0v) is 29.0. The van der Waals surface area contributed by atoms with Crippen LogP contribution in [0.2, 0.25) is 0 Å². The third-order valence-corrected chi connectivity index (χ3v) is 8.33. The number of allylic oxidation sites excluding steroid dienone is 2. The average Bonchev–Trinajstić information content (AvgIpc) is 3.01. The predicted octanol–water partition coefficient (Wildman–Crippen LogP) is 5.18. The van der Waals surface area contributed by atoms with Gasteiger partial charge in [0.25, 0.3) is 0 Å². The van der Waals surface area contributed by atoms with E-state index in [0.29, 0.717) is 13.0 Å². The van der Waals surface area contributed by atoms with Gasteiger partial charge in [0.05, 0.1) is 19.8 Å². The molecule has 1 rings (SSSR count). The van der Waals surface area contributed by atoms with Crippen molar-refractivity contribution >= 4 is 16.4 Å². The summed E-state index contributed by atoms with van der Waals surface area (Å²) in [5, 5.41) is 30.4. The van der Waals surface area contributed by atoms with Crippen molar-refractivity contribution < 1.29 is 56.2 Å². The Kier molecular flexibility index (Phi) is 24.9. The molecule has 4 N–H and O–H groups in total. The molecule has 0 aliphatic carbocycles. The second kappa shape index (κ2) is 26.8. The third kappa shape index (κ3) is 20.9. The van der Waals surface area contributed by atoms with E-state index in [1.807, 2.05) is 0 Å². The lowest BCUT2D eigenvalue weighted by molar-refractivity contribution is -0.301. The SMILES string of the molecule is CCC/C=C\CCCCCCCCOCC(COC1OC(CO)C(O)C(OS(=O)(=O)O)C1O)OC(=O)CCCCCCCCCC. The average molecular weight is 683 g/mol. The van der Waals surface area contributed by atoms with Gasteiger partial charge in [0.2, 0.25) is 0 Å². The molecule has 0 aromatic rings. The highest BCUT2D eigenvalue weighted by Gasteiger charge is 2.48. The second-order valence-corrected chi connectivity index (χ2v) is 13.2. The number of ether oxygens (including phenoxy) is 4. The summed E-state index contributed by atoms with van der Waals surface area (Å²) < 4.78 is 58.5. The van der Waals surface area contributed by atoms with Gasteiger partial charge in [-0.2, -0.15) is 8.42 Å². The summed E-state index contributed by atoms with van der Waals surface area (Å²) in [6.45, 7) is 3.85. The minimum absolute atomic E-state index is 0.0348. The van der Waals surface area contributed by atoms with Crippen LogP contribution in [0.15, 0.2) is 12.2 Å². The summed E-state index contributed by atoms with van der Waals surface area (Å²) in [6.07, 6.45) is 14.2. The van der Waals surface area contributed by atoms with Crippen LogP contribution >= 0.6 is 0 Å². The van der Waals surface area contributed by atoms with Crippen molar-refractivity contribution in [1.82, 2.24) is 0 Å². The predicted molar refractivity (Wildman–Crippen MR) is 174 cm³/mol. The van der Waals surface area contributed by atoms with Gasteiger partial charge in [-0.25, -0.2) is 4.18 Å². The number of hydrogen-bond donors (Lipinski definition) is 4. The van der Waals surface area contributed by atoms with E-state index in [0.717, 1.165) is 51.4 Å². The minimum atomic E-state index is -5.05. The molecule has 0 amide bonds. The van der Waals surface area contributed by atoms with Crippen LogP contribution in [0.4, 0.5) is 0 Å². The summed E-state index contributed by atoms with van der Waals surface area (Å²) in [5.41, 5.74) is 0. The van der Waals surface area contributed by atoms with Crippen molar-refractivity contribution in [3.63, 3.8) is 0 Å². The molecular formula is C33H62O12S. The molecule has 6 atom stereocenters. The van der Waals surface area contributed by atoms with Crippen LogP contribution in [0.1, 0.15) is 129 Å². The van der Waals surface area contributed by atoms with E-state index in [2.05, 4.69) is 30.2 Å². The van der Waals surface area contributed by atoms with E-state index >= 15 is 0 Å². The number of carbonyl (C=O) groups excluding carboxylic acids is 1. The number of rotatable bonds is 29. The van der Waals surface area contributed by atoms with Crippen molar-refractivity contribution in [1.29, 1.82) is 0 Å². The summed E-state index contributed by atoms with van der Waals surface area (Å²) >= 11 is 0. The van der Waals surface area contributed by atoms with Crippen molar-refractivity contribution in [2.24, 2.45) is 0 Å². The Morgan fingerprint density at radius 1 is 0.804 bits per heavy atom. The number of hydrogen-bond acceptors (Lipinski definition) is 11. The maximum Gasteiger partial charge on any atom is 0.397 e. The van der Waals surface area contributed by atoms with Crippen LogP contribution in [-0.2, 0) is 38.3 Å². The molecule has 272 valence electrons. The molecule has 1 aliphatic rings. The lowest BCUT2D eigenvalue weighted by Gasteiger charge is -2.41. The third-order valence-electron chi connectivity index (χ3n) is 7.87. The highest BCUT2D eigenvalue weighted by molar-refractivity contribution is 7.80. The first kappa shape index (κ1) is 42.9. The molecule has 46 heavy (non-hydrogen) atoms. The number of esters is 1. The number of aliphatic hydroxyl groups excluding tert-OH is 3. The summed E-state index contributed by atoms with van der Waals surface area (Å²) in [7, 11) is -5.05. The number of carbonyl (C=O) groups is 1. The maximum absolute atomic E-state index is 12.6. The van der Waals surface area contributed by atoms with E-state index in [-0.39, 0.29) is 19.6 Å². The molecule has 0 spiro atoms. The molecular weight excluding hydrogens is 620 g/mol. The van der Waals surface area contributed by atoms with E-state index in [1.165, 1.54) is 51.4 Å². The lowest BCUT2D eigenvalue weighted by atomic mass is 9.99. The fraction of sp³-hybridized carbons (Fsp3) is 0.909. The Morgan fingerprint density at radius 2 is 1.41 bits per heavy atom. The van der Waals surface area contributed by atoms with Gasteiger partial charge in [0.1, 0.15) is 30.5 Å². The Labute approximate surface area is 277 Å². The van der Waals surface area contributed by atoms with Crippen molar-refractivity contribution in [3.05, 3.63) is 12.2 Å². The molecule has 0 radical (unpaired) electrons. The van der Waals surface area contributed by atoms with E-state index in [4.69, 9.17) is 23.5 Å². The van der Waals surface area contributed by atoms with Gasteiger partial charge in [-0.15, -0.1) is 0 Å². The molecule has 0 saturated carbocycles. The highest BCUT2D eigenvalue weighted by Crippen LogP contribution is 2.26. The van der Waals surface area contributed by atoms with Crippen LogP contribution in [-0.4, -0.2) is 97.5 Å². The van der Waals surface area contributed by atoms with Gasteiger partial charge in [-0.1, -0.05) is 103 Å². The normalized spacial score (nSPS) is 22.8. The van der Waals surface area contributed by atoms with Crippen LogP contribution in [0.5, 0.6) is 0 Å². The molecule has 12 nitrogen and oxygen atoms in total. The summed E-state index contributed by atoms with van der Waals surface area (Å²) in [4.78, 5) is 12.6. The first-order valence-corrected chi connectivity index (χ1v) is 18.8.